The zero-order valence-electron chi connectivity index (χ0n) is 10.6. The monoisotopic (exact) mass is 344 g/mol. The Morgan fingerprint density at radius 2 is 2.05 bits per heavy atom. The van der Waals surface area contributed by atoms with Crippen LogP contribution in [-0.4, -0.2) is 27.8 Å². The third kappa shape index (κ3) is 5.89. The molecule has 3 N–H and O–H groups in total. The highest BCUT2D eigenvalue weighted by molar-refractivity contribution is 7.98. The Morgan fingerprint density at radius 1 is 1.37 bits per heavy atom. The molecule has 110 valence electrons. The van der Waals surface area contributed by atoms with E-state index in [1.165, 1.54) is 17.8 Å². The first-order chi connectivity index (χ1) is 8.51. The van der Waals surface area contributed by atoms with Crippen molar-refractivity contribution < 1.29 is 8.42 Å². The Kier molecular flexibility index (Phi) is 9.06. The molecule has 0 atom stereocenters. The Labute approximate surface area is 129 Å². The molecule has 0 bridgehead atoms. The summed E-state index contributed by atoms with van der Waals surface area (Å²) in [6.07, 6.45) is 3.42. The number of nitrogens with one attached hydrogen (secondary N) is 1. The van der Waals surface area contributed by atoms with Crippen LogP contribution in [-0.2, 0) is 10.0 Å². The number of nitrogens with two attached hydrogens (primary N) is 1. The first-order valence-electron chi connectivity index (χ1n) is 5.54. The van der Waals surface area contributed by atoms with Crippen LogP contribution in [0, 0.1) is 0 Å². The molecule has 1 aromatic carbocycles. The maximum Gasteiger partial charge on any atom is 0.240 e. The Hall–Kier alpha value is 0.0200. The van der Waals surface area contributed by atoms with Crippen LogP contribution in [0.15, 0.2) is 28.0 Å². The number of unbranched alkanes of at least 4 members (excludes halogenated alkanes) is 1. The minimum Gasteiger partial charge on any atom is -0.330 e. The molecule has 1 rings (SSSR count). The first kappa shape index (κ1) is 19.0. The molecule has 0 aliphatic rings. The van der Waals surface area contributed by atoms with Gasteiger partial charge in [-0.3, -0.25) is 0 Å². The Morgan fingerprint density at radius 3 is 2.58 bits per heavy atom. The van der Waals surface area contributed by atoms with Gasteiger partial charge in [0.1, 0.15) is 0 Å². The number of halogens is 2. The van der Waals surface area contributed by atoms with Gasteiger partial charge in [0, 0.05) is 11.4 Å². The third-order valence-corrected chi connectivity index (χ3v) is 5.04. The smallest absolute Gasteiger partial charge is 0.240 e. The lowest BCUT2D eigenvalue weighted by Crippen LogP contribution is -2.25. The van der Waals surface area contributed by atoms with Crippen molar-refractivity contribution in [3.8, 4) is 0 Å². The maximum atomic E-state index is 11.9. The predicted octanol–water partition coefficient (Wildman–Crippen LogP) is 2.50. The Bertz CT molecular complexity index is 495. The Balaban J connectivity index is 0.00000324. The summed E-state index contributed by atoms with van der Waals surface area (Å²) in [5.74, 6) is 0. The second-order valence-corrected chi connectivity index (χ2v) is 6.71. The molecule has 0 saturated carbocycles. The molecule has 0 fully saturated rings. The molecule has 0 amide bonds. The van der Waals surface area contributed by atoms with E-state index in [1.807, 2.05) is 6.26 Å². The van der Waals surface area contributed by atoms with Crippen molar-refractivity contribution in [1.29, 1.82) is 0 Å². The normalized spacial score (nSPS) is 11.1. The lowest BCUT2D eigenvalue weighted by atomic mass is 10.3. The summed E-state index contributed by atoms with van der Waals surface area (Å²) >= 11 is 7.47. The average molecular weight is 345 g/mol. The van der Waals surface area contributed by atoms with Crippen LogP contribution in [0.2, 0.25) is 5.02 Å². The van der Waals surface area contributed by atoms with Crippen molar-refractivity contribution in [3.05, 3.63) is 23.2 Å². The van der Waals surface area contributed by atoms with Gasteiger partial charge < -0.3 is 5.73 Å². The molecule has 0 unspecified atom stereocenters. The fourth-order valence-electron chi connectivity index (χ4n) is 1.37. The molecule has 8 heteroatoms. The SMILES string of the molecule is CSc1ccc(S(=O)(=O)NCCCCN)cc1Cl.Cl. The van der Waals surface area contributed by atoms with Crippen molar-refractivity contribution in [3.63, 3.8) is 0 Å². The van der Waals surface area contributed by atoms with Crippen LogP contribution < -0.4 is 10.5 Å². The zero-order chi connectivity index (χ0) is 13.6. The molecule has 0 aliphatic heterocycles. The highest BCUT2D eigenvalue weighted by Crippen LogP contribution is 2.27. The van der Waals surface area contributed by atoms with E-state index in [-0.39, 0.29) is 17.3 Å². The van der Waals surface area contributed by atoms with Gasteiger partial charge in [-0.2, -0.15) is 0 Å². The topological polar surface area (TPSA) is 72.2 Å². The summed E-state index contributed by atoms with van der Waals surface area (Å²) in [6, 6.07) is 4.74. The summed E-state index contributed by atoms with van der Waals surface area (Å²) in [5, 5.41) is 0.451. The van der Waals surface area contributed by atoms with Gasteiger partial charge >= 0.3 is 0 Å². The van der Waals surface area contributed by atoms with E-state index in [0.717, 1.165) is 17.7 Å². The highest BCUT2D eigenvalue weighted by atomic mass is 35.5. The molecule has 1 aromatic rings. The van der Waals surface area contributed by atoms with Gasteiger partial charge in [-0.15, -0.1) is 24.2 Å². The van der Waals surface area contributed by atoms with E-state index in [9.17, 15) is 8.42 Å². The number of thioether (sulfide) groups is 1. The minimum absolute atomic E-state index is 0. The minimum atomic E-state index is -3.47. The molecule has 0 radical (unpaired) electrons. The largest absolute Gasteiger partial charge is 0.330 e. The molecular formula is C11H18Cl2N2O2S2. The average Bonchev–Trinajstić information content (AvgIpc) is 2.34. The van der Waals surface area contributed by atoms with Crippen molar-refractivity contribution in [1.82, 2.24) is 4.72 Å². The standard InChI is InChI=1S/C11H17ClN2O2S2.ClH/c1-17-11-5-4-9(8-10(11)12)18(15,16)14-7-3-2-6-13;/h4-5,8,14H,2-3,6-7,13H2,1H3;1H. The van der Waals surface area contributed by atoms with Crippen molar-refractivity contribution in [2.75, 3.05) is 19.3 Å². The quantitative estimate of drug-likeness (QED) is 0.588. The molecule has 19 heavy (non-hydrogen) atoms. The molecular weight excluding hydrogens is 327 g/mol. The lowest BCUT2D eigenvalue weighted by Gasteiger charge is -2.08. The van der Waals surface area contributed by atoms with Crippen molar-refractivity contribution in [2.45, 2.75) is 22.6 Å². The number of hydrogen-bond donors (Lipinski definition) is 2. The third-order valence-electron chi connectivity index (χ3n) is 2.36. The molecule has 0 aliphatic carbocycles. The number of benzene rings is 1. The van der Waals surface area contributed by atoms with Gasteiger partial charge in [0.05, 0.1) is 9.92 Å². The van der Waals surface area contributed by atoms with Crippen LogP contribution in [0.3, 0.4) is 0 Å². The number of hydrogen-bond acceptors (Lipinski definition) is 4. The molecule has 0 saturated heterocycles. The fourth-order valence-corrected chi connectivity index (χ4v) is 3.41. The van der Waals surface area contributed by atoms with Crippen LogP contribution in [0.25, 0.3) is 0 Å². The number of sulfonamides is 1. The van der Waals surface area contributed by atoms with Crippen LogP contribution in [0.1, 0.15) is 12.8 Å². The van der Waals surface area contributed by atoms with E-state index in [4.69, 9.17) is 17.3 Å². The van der Waals surface area contributed by atoms with Gasteiger partial charge in [-0.05, 0) is 43.8 Å². The van der Waals surface area contributed by atoms with E-state index in [1.54, 1.807) is 12.1 Å². The molecule has 0 spiro atoms. The second-order valence-electron chi connectivity index (χ2n) is 3.69. The molecule has 0 heterocycles. The zero-order valence-corrected chi connectivity index (χ0v) is 13.8. The van der Waals surface area contributed by atoms with Gasteiger partial charge in [0.25, 0.3) is 0 Å². The van der Waals surface area contributed by atoms with Gasteiger partial charge in [-0.1, -0.05) is 11.6 Å². The van der Waals surface area contributed by atoms with E-state index < -0.39 is 10.0 Å². The predicted molar refractivity (Wildman–Crippen MR) is 84.0 cm³/mol. The van der Waals surface area contributed by atoms with Gasteiger partial charge in [0.2, 0.25) is 10.0 Å². The summed E-state index contributed by atoms with van der Waals surface area (Å²) in [5.41, 5.74) is 5.34. The second kappa shape index (κ2) is 9.05. The van der Waals surface area contributed by atoms with Crippen LogP contribution >= 0.6 is 35.8 Å². The lowest BCUT2D eigenvalue weighted by molar-refractivity contribution is 0.577. The van der Waals surface area contributed by atoms with E-state index >= 15 is 0 Å². The van der Waals surface area contributed by atoms with Gasteiger partial charge in [-0.25, -0.2) is 13.1 Å². The van der Waals surface area contributed by atoms with E-state index in [0.29, 0.717) is 18.1 Å². The van der Waals surface area contributed by atoms with Gasteiger partial charge in [0.15, 0.2) is 0 Å². The summed E-state index contributed by atoms with van der Waals surface area (Å²) in [4.78, 5) is 1.05. The number of rotatable bonds is 7. The summed E-state index contributed by atoms with van der Waals surface area (Å²) in [6.45, 7) is 0.956. The molecule has 4 nitrogen and oxygen atoms in total. The van der Waals surface area contributed by atoms with Crippen molar-refractivity contribution >= 4 is 45.8 Å². The summed E-state index contributed by atoms with van der Waals surface area (Å²) < 4.78 is 26.4. The highest BCUT2D eigenvalue weighted by Gasteiger charge is 2.14. The summed E-state index contributed by atoms with van der Waals surface area (Å²) in [7, 11) is -3.47. The van der Waals surface area contributed by atoms with Crippen LogP contribution in [0.5, 0.6) is 0 Å². The molecule has 0 aromatic heterocycles. The maximum absolute atomic E-state index is 11.9. The first-order valence-corrected chi connectivity index (χ1v) is 8.63. The fraction of sp³-hybridized carbons (Fsp3) is 0.455. The van der Waals surface area contributed by atoms with E-state index in [2.05, 4.69) is 4.72 Å². The van der Waals surface area contributed by atoms with Crippen molar-refractivity contribution in [2.24, 2.45) is 5.73 Å². The van der Waals surface area contributed by atoms with Crippen LogP contribution in [0.4, 0.5) is 0 Å².